The van der Waals surface area contributed by atoms with Gasteiger partial charge in [0, 0.05) is 12.2 Å². The summed E-state index contributed by atoms with van der Waals surface area (Å²) in [6.07, 6.45) is 2.30. The van der Waals surface area contributed by atoms with E-state index in [9.17, 15) is 5.11 Å². The average Bonchev–Trinajstić information content (AvgIpc) is 2.22. The molecular weight excluding hydrogens is 220 g/mol. The minimum Gasteiger partial charge on any atom is -0.902 e. The van der Waals surface area contributed by atoms with Gasteiger partial charge in [-0.3, -0.25) is 0 Å². The summed E-state index contributed by atoms with van der Waals surface area (Å²) in [5.41, 5.74) is 2.98. The van der Waals surface area contributed by atoms with Crippen LogP contribution in [0.2, 0.25) is 0 Å². The fourth-order valence-electron chi connectivity index (χ4n) is 1.35. The van der Waals surface area contributed by atoms with Gasteiger partial charge in [-0.05, 0) is 19.4 Å². The first-order chi connectivity index (χ1) is 7.16. The minimum atomic E-state index is -0.555. The molecule has 0 saturated carbocycles. The second-order valence-corrected chi connectivity index (χ2v) is 3.36. The molecule has 84 valence electrons. The number of aromatic nitrogens is 3. The first-order valence-corrected chi connectivity index (χ1v) is 4.53. The van der Waals surface area contributed by atoms with E-state index in [2.05, 4.69) is 21.3 Å². The van der Waals surface area contributed by atoms with Gasteiger partial charge >= 0.3 is 37.7 Å². The van der Waals surface area contributed by atoms with E-state index >= 15 is 0 Å². The predicted molar refractivity (Wildman–Crippen MR) is 55.0 cm³/mol. The molecule has 5 nitrogen and oxygen atoms in total. The summed E-state index contributed by atoms with van der Waals surface area (Å²) in [5.74, 6) is 0.385. The van der Waals surface area contributed by atoms with E-state index in [1.807, 2.05) is 32.0 Å². The molecule has 0 spiro atoms. The van der Waals surface area contributed by atoms with Crippen LogP contribution in [0.15, 0.2) is 18.2 Å². The molecule has 0 bridgehead atoms. The molecule has 0 radical (unpaired) electrons. The topological polar surface area (TPSA) is 91.7 Å². The van der Waals surface area contributed by atoms with Crippen LogP contribution in [0, 0.1) is 20.2 Å². The van der Waals surface area contributed by atoms with Crippen LogP contribution in [0.5, 0.6) is 6.01 Å². The van der Waals surface area contributed by atoms with Crippen LogP contribution in [-0.2, 0) is 0 Å². The zero-order valence-corrected chi connectivity index (χ0v) is 10.9. The number of benzene rings is 1. The molecule has 7 heteroatoms. The number of hydrogen-bond donors (Lipinski definition) is 0. The van der Waals surface area contributed by atoms with Crippen molar-refractivity contribution in [3.05, 3.63) is 35.7 Å². The SMILES string of the molecule is Cc1ccc(C)c(-c2n[c-]nc([O-])n2)c1.[Li+].[Li+].[OH-]. The minimum absolute atomic E-state index is 0. The van der Waals surface area contributed by atoms with Gasteiger partial charge in [0.15, 0.2) is 0 Å². The van der Waals surface area contributed by atoms with Crippen molar-refractivity contribution in [2.24, 2.45) is 0 Å². The van der Waals surface area contributed by atoms with Crippen LogP contribution in [-0.4, -0.2) is 20.4 Å². The van der Waals surface area contributed by atoms with Gasteiger partial charge in [0.05, 0.1) is 0 Å². The Morgan fingerprint density at radius 2 is 1.78 bits per heavy atom. The molecule has 1 aromatic carbocycles. The third-order valence-electron chi connectivity index (χ3n) is 2.14. The number of nitrogens with zero attached hydrogens (tertiary/aromatic N) is 3. The van der Waals surface area contributed by atoms with Crippen LogP contribution >= 0.6 is 0 Å². The molecule has 2 aromatic rings. The Kier molecular flexibility index (Phi) is 9.02. The molecule has 0 amide bonds. The number of aryl methyl sites for hydroxylation is 2. The molecule has 18 heavy (non-hydrogen) atoms. The Balaban J connectivity index is 0. The second-order valence-electron chi connectivity index (χ2n) is 3.36. The predicted octanol–water partition coefficient (Wildman–Crippen LogP) is -5.14. The largest absolute Gasteiger partial charge is 1.00 e. The summed E-state index contributed by atoms with van der Waals surface area (Å²) in [4.78, 5) is 10.9. The van der Waals surface area contributed by atoms with Gasteiger partial charge in [-0.2, -0.15) is 0 Å². The molecule has 1 N–H and O–H groups in total. The van der Waals surface area contributed by atoms with Gasteiger partial charge in [0.1, 0.15) is 0 Å². The fraction of sp³-hybridized carbons (Fsp3) is 0.182. The molecule has 1 heterocycles. The van der Waals surface area contributed by atoms with Crippen molar-refractivity contribution in [1.82, 2.24) is 15.0 Å². The Morgan fingerprint density at radius 1 is 1.11 bits per heavy atom. The molecule has 0 aliphatic rings. The third-order valence-corrected chi connectivity index (χ3v) is 2.14. The van der Waals surface area contributed by atoms with Gasteiger partial charge in [-0.15, -0.1) is 0 Å². The van der Waals surface area contributed by atoms with Crippen LogP contribution in [0.25, 0.3) is 11.4 Å². The Morgan fingerprint density at radius 3 is 2.39 bits per heavy atom. The molecular formula is C11H10Li2N3O2-. The van der Waals surface area contributed by atoms with Crippen LogP contribution in [0.4, 0.5) is 0 Å². The summed E-state index contributed by atoms with van der Waals surface area (Å²) in [6, 6.07) is 5.36. The molecule has 0 aliphatic heterocycles. The van der Waals surface area contributed by atoms with E-state index in [0.29, 0.717) is 5.82 Å². The van der Waals surface area contributed by atoms with Crippen molar-refractivity contribution < 1.29 is 48.3 Å². The van der Waals surface area contributed by atoms with Crippen molar-refractivity contribution >= 4 is 0 Å². The smallest absolute Gasteiger partial charge is 0.902 e. The van der Waals surface area contributed by atoms with Gasteiger partial charge in [0.25, 0.3) is 0 Å². The fourth-order valence-corrected chi connectivity index (χ4v) is 1.35. The normalized spacial score (nSPS) is 8.56. The first-order valence-electron chi connectivity index (χ1n) is 4.53. The zero-order valence-electron chi connectivity index (χ0n) is 10.9. The van der Waals surface area contributed by atoms with E-state index in [0.717, 1.165) is 16.7 Å². The summed E-state index contributed by atoms with van der Waals surface area (Å²) in [6.45, 7) is 3.93. The quantitative estimate of drug-likeness (QED) is 0.361. The maximum absolute atomic E-state index is 11.0. The number of hydrogen-bond acceptors (Lipinski definition) is 5. The monoisotopic (exact) mass is 230 g/mol. The summed E-state index contributed by atoms with van der Waals surface area (Å²) in [5, 5.41) is 11.0. The number of rotatable bonds is 1. The third kappa shape index (κ3) is 4.46. The maximum atomic E-state index is 11.0. The maximum Gasteiger partial charge on any atom is 1.00 e. The standard InChI is InChI=1S/C11H10N3O.2Li.H2O/c1-7-3-4-8(2)9(5-7)10-12-6-13-11(15)14-10;;;/h3-5H,1-2H3,(H,12,13,14,15);;;1H2/q-1;2*+1;/p-2. The van der Waals surface area contributed by atoms with E-state index in [4.69, 9.17) is 0 Å². The van der Waals surface area contributed by atoms with E-state index in [-0.39, 0.29) is 43.2 Å². The molecule has 0 unspecified atom stereocenters. The molecule has 1 aromatic heterocycles. The summed E-state index contributed by atoms with van der Waals surface area (Å²) in [7, 11) is 0. The summed E-state index contributed by atoms with van der Waals surface area (Å²) >= 11 is 0. The molecule has 0 atom stereocenters. The van der Waals surface area contributed by atoms with E-state index < -0.39 is 6.01 Å². The van der Waals surface area contributed by atoms with Crippen LogP contribution in [0.1, 0.15) is 11.1 Å². The van der Waals surface area contributed by atoms with Crippen molar-refractivity contribution in [3.8, 4) is 17.4 Å². The summed E-state index contributed by atoms with van der Waals surface area (Å²) < 4.78 is 0. The van der Waals surface area contributed by atoms with Crippen molar-refractivity contribution in [1.29, 1.82) is 0 Å². The van der Waals surface area contributed by atoms with Crippen LogP contribution in [0.3, 0.4) is 0 Å². The van der Waals surface area contributed by atoms with Gasteiger partial charge in [0.2, 0.25) is 0 Å². The zero-order chi connectivity index (χ0) is 10.8. The van der Waals surface area contributed by atoms with Gasteiger partial charge in [-0.25, -0.2) is 0 Å². The van der Waals surface area contributed by atoms with Crippen molar-refractivity contribution in [2.45, 2.75) is 13.8 Å². The van der Waals surface area contributed by atoms with E-state index in [1.165, 1.54) is 0 Å². The van der Waals surface area contributed by atoms with Gasteiger partial charge in [-0.1, -0.05) is 35.3 Å². The Hall–Kier alpha value is -0.815. The second kappa shape index (κ2) is 8.32. The van der Waals surface area contributed by atoms with Crippen molar-refractivity contribution in [2.75, 3.05) is 0 Å². The average molecular weight is 230 g/mol. The molecule has 0 saturated heterocycles. The van der Waals surface area contributed by atoms with E-state index in [1.54, 1.807) is 0 Å². The Bertz CT molecular complexity index is 509. The van der Waals surface area contributed by atoms with Crippen LogP contribution < -0.4 is 42.8 Å². The molecule has 2 rings (SSSR count). The molecule has 0 aliphatic carbocycles. The van der Waals surface area contributed by atoms with Crippen molar-refractivity contribution in [3.63, 3.8) is 0 Å². The van der Waals surface area contributed by atoms with Gasteiger partial charge < -0.3 is 25.5 Å². The molecule has 0 fully saturated rings. The first kappa shape index (κ1) is 19.5. The Labute approximate surface area is 130 Å².